The SMILES string of the molecule is Cc1ccc2sc(=S)n(C)c2c1. The fourth-order valence-electron chi connectivity index (χ4n) is 1.24. The van der Waals surface area contributed by atoms with Gasteiger partial charge in [-0.1, -0.05) is 6.07 Å². The molecule has 0 aliphatic heterocycles. The summed E-state index contributed by atoms with van der Waals surface area (Å²) >= 11 is 6.84. The summed E-state index contributed by atoms with van der Waals surface area (Å²) in [5.74, 6) is 0. The van der Waals surface area contributed by atoms with Crippen molar-refractivity contribution in [3.8, 4) is 0 Å². The summed E-state index contributed by atoms with van der Waals surface area (Å²) in [5, 5.41) is 0. The van der Waals surface area contributed by atoms with Crippen LogP contribution in [0.3, 0.4) is 0 Å². The highest BCUT2D eigenvalue weighted by Crippen LogP contribution is 2.22. The van der Waals surface area contributed by atoms with E-state index in [1.54, 1.807) is 11.3 Å². The van der Waals surface area contributed by atoms with Crippen LogP contribution in [-0.2, 0) is 7.05 Å². The third-order valence-electron chi connectivity index (χ3n) is 1.95. The van der Waals surface area contributed by atoms with Crippen molar-refractivity contribution in [1.29, 1.82) is 0 Å². The van der Waals surface area contributed by atoms with Crippen LogP contribution in [0.1, 0.15) is 5.56 Å². The first-order chi connectivity index (χ1) is 5.68. The van der Waals surface area contributed by atoms with E-state index in [-0.39, 0.29) is 0 Å². The van der Waals surface area contributed by atoms with E-state index in [2.05, 4.69) is 29.7 Å². The van der Waals surface area contributed by atoms with Crippen LogP contribution < -0.4 is 0 Å². The average molecular weight is 195 g/mol. The van der Waals surface area contributed by atoms with Crippen LogP contribution in [0.2, 0.25) is 0 Å². The molecule has 1 nitrogen and oxygen atoms in total. The Kier molecular flexibility index (Phi) is 1.77. The molecule has 0 aliphatic carbocycles. The van der Waals surface area contributed by atoms with E-state index in [0.717, 1.165) is 3.95 Å². The van der Waals surface area contributed by atoms with E-state index in [4.69, 9.17) is 12.2 Å². The van der Waals surface area contributed by atoms with Crippen LogP contribution in [0.15, 0.2) is 18.2 Å². The lowest BCUT2D eigenvalue weighted by Gasteiger charge is -1.95. The van der Waals surface area contributed by atoms with Crippen molar-refractivity contribution in [2.75, 3.05) is 0 Å². The summed E-state index contributed by atoms with van der Waals surface area (Å²) in [7, 11) is 2.01. The van der Waals surface area contributed by atoms with Gasteiger partial charge in [0.25, 0.3) is 0 Å². The Morgan fingerprint density at radius 1 is 1.42 bits per heavy atom. The number of aryl methyl sites for hydroxylation is 2. The number of aromatic nitrogens is 1. The third-order valence-corrected chi connectivity index (χ3v) is 3.48. The minimum absolute atomic E-state index is 0.940. The normalized spacial score (nSPS) is 10.8. The number of hydrogen-bond acceptors (Lipinski definition) is 2. The van der Waals surface area contributed by atoms with Crippen molar-refractivity contribution in [3.63, 3.8) is 0 Å². The van der Waals surface area contributed by atoms with E-state index < -0.39 is 0 Å². The summed E-state index contributed by atoms with van der Waals surface area (Å²) in [6, 6.07) is 6.42. The molecule has 0 saturated carbocycles. The monoisotopic (exact) mass is 195 g/mol. The molecule has 0 unspecified atom stereocenters. The summed E-state index contributed by atoms with van der Waals surface area (Å²) in [5.41, 5.74) is 2.52. The Labute approximate surface area is 80.3 Å². The molecule has 0 saturated heterocycles. The fraction of sp³-hybridized carbons (Fsp3) is 0.222. The Morgan fingerprint density at radius 2 is 2.17 bits per heavy atom. The molecule has 0 radical (unpaired) electrons. The highest BCUT2D eigenvalue weighted by molar-refractivity contribution is 7.73. The molecule has 0 bridgehead atoms. The van der Waals surface area contributed by atoms with Crippen LogP contribution >= 0.6 is 23.6 Å². The molecular formula is C9H9NS2. The van der Waals surface area contributed by atoms with Crippen molar-refractivity contribution in [2.45, 2.75) is 6.92 Å². The zero-order valence-corrected chi connectivity index (χ0v) is 8.63. The predicted molar refractivity (Wildman–Crippen MR) is 56.4 cm³/mol. The van der Waals surface area contributed by atoms with Crippen LogP contribution in [0.5, 0.6) is 0 Å². The number of thiazole rings is 1. The lowest BCUT2D eigenvalue weighted by molar-refractivity contribution is 0.963. The predicted octanol–water partition coefficient (Wildman–Crippen LogP) is 3.28. The molecular weight excluding hydrogens is 186 g/mol. The molecule has 0 N–H and O–H groups in total. The second-order valence-corrected chi connectivity index (χ2v) is 4.57. The Bertz CT molecular complexity index is 479. The quantitative estimate of drug-likeness (QED) is 0.584. The number of hydrogen-bond donors (Lipinski definition) is 0. The van der Waals surface area contributed by atoms with Gasteiger partial charge in [-0.2, -0.15) is 0 Å². The summed E-state index contributed by atoms with van der Waals surface area (Å²) < 4.78 is 4.27. The molecule has 2 rings (SSSR count). The first kappa shape index (κ1) is 7.95. The maximum Gasteiger partial charge on any atom is 0.161 e. The van der Waals surface area contributed by atoms with Gasteiger partial charge in [0.2, 0.25) is 0 Å². The second-order valence-electron chi connectivity index (χ2n) is 2.90. The van der Waals surface area contributed by atoms with E-state index in [9.17, 15) is 0 Å². The van der Waals surface area contributed by atoms with Gasteiger partial charge in [0.05, 0.1) is 10.2 Å². The third kappa shape index (κ3) is 1.09. The van der Waals surface area contributed by atoms with Crippen molar-refractivity contribution in [3.05, 3.63) is 27.7 Å². The van der Waals surface area contributed by atoms with Gasteiger partial charge in [0.15, 0.2) is 3.95 Å². The summed E-state index contributed by atoms with van der Waals surface area (Å²) in [6.45, 7) is 2.10. The molecule has 62 valence electrons. The Balaban J connectivity index is 2.98. The molecule has 0 fully saturated rings. The molecule has 1 heterocycles. The molecule has 12 heavy (non-hydrogen) atoms. The second kappa shape index (κ2) is 2.68. The number of rotatable bonds is 0. The topological polar surface area (TPSA) is 4.93 Å². The van der Waals surface area contributed by atoms with Crippen LogP contribution in [0.4, 0.5) is 0 Å². The Hall–Kier alpha value is -0.670. The van der Waals surface area contributed by atoms with Gasteiger partial charge in [0.1, 0.15) is 0 Å². The molecule has 0 atom stereocenters. The lowest BCUT2D eigenvalue weighted by Crippen LogP contribution is -1.85. The fourth-order valence-corrected chi connectivity index (χ4v) is 2.46. The first-order valence-electron chi connectivity index (χ1n) is 3.74. The largest absolute Gasteiger partial charge is 0.326 e. The van der Waals surface area contributed by atoms with Gasteiger partial charge in [-0.15, -0.1) is 11.3 Å². The highest BCUT2D eigenvalue weighted by Gasteiger charge is 1.99. The van der Waals surface area contributed by atoms with Gasteiger partial charge in [-0.25, -0.2) is 0 Å². The van der Waals surface area contributed by atoms with Gasteiger partial charge >= 0.3 is 0 Å². The van der Waals surface area contributed by atoms with E-state index in [1.165, 1.54) is 15.8 Å². The van der Waals surface area contributed by atoms with Crippen molar-refractivity contribution >= 4 is 33.8 Å². The maximum absolute atomic E-state index is 5.18. The van der Waals surface area contributed by atoms with E-state index in [1.807, 2.05) is 7.05 Å². The minimum Gasteiger partial charge on any atom is -0.326 e. The van der Waals surface area contributed by atoms with Crippen molar-refractivity contribution in [1.82, 2.24) is 4.57 Å². The van der Waals surface area contributed by atoms with Gasteiger partial charge in [-0.3, -0.25) is 0 Å². The lowest BCUT2D eigenvalue weighted by atomic mass is 10.2. The highest BCUT2D eigenvalue weighted by atomic mass is 32.1. The minimum atomic E-state index is 0.940. The van der Waals surface area contributed by atoms with Gasteiger partial charge < -0.3 is 4.57 Å². The van der Waals surface area contributed by atoms with Crippen molar-refractivity contribution < 1.29 is 0 Å². The van der Waals surface area contributed by atoms with Crippen LogP contribution in [-0.4, -0.2) is 4.57 Å². The number of fused-ring (bicyclic) bond motifs is 1. The van der Waals surface area contributed by atoms with E-state index >= 15 is 0 Å². The Morgan fingerprint density at radius 3 is 2.92 bits per heavy atom. The van der Waals surface area contributed by atoms with Gasteiger partial charge in [-0.05, 0) is 36.8 Å². The molecule has 3 heteroatoms. The van der Waals surface area contributed by atoms with Crippen molar-refractivity contribution in [2.24, 2.45) is 7.05 Å². The zero-order valence-electron chi connectivity index (χ0n) is 7.00. The van der Waals surface area contributed by atoms with Crippen LogP contribution in [0.25, 0.3) is 10.2 Å². The first-order valence-corrected chi connectivity index (χ1v) is 4.97. The average Bonchev–Trinajstić information content (AvgIpc) is 2.31. The standard InChI is InChI=1S/C9H9NS2/c1-6-3-4-8-7(5-6)10(2)9(11)12-8/h3-5H,1-2H3. The zero-order chi connectivity index (χ0) is 8.72. The molecule has 0 aliphatic rings. The molecule has 0 spiro atoms. The molecule has 1 aromatic heterocycles. The molecule has 0 amide bonds. The number of benzene rings is 1. The van der Waals surface area contributed by atoms with E-state index in [0.29, 0.717) is 0 Å². The molecule has 1 aromatic carbocycles. The smallest absolute Gasteiger partial charge is 0.161 e. The molecule has 2 aromatic rings. The van der Waals surface area contributed by atoms with Gasteiger partial charge in [0, 0.05) is 7.05 Å². The maximum atomic E-state index is 5.18. The summed E-state index contributed by atoms with van der Waals surface area (Å²) in [6.07, 6.45) is 0. The van der Waals surface area contributed by atoms with Crippen LogP contribution in [0, 0.1) is 10.9 Å². The summed E-state index contributed by atoms with van der Waals surface area (Å²) in [4.78, 5) is 0. The number of nitrogens with zero attached hydrogens (tertiary/aromatic N) is 1.